The summed E-state index contributed by atoms with van der Waals surface area (Å²) in [7, 11) is 1.48. The number of urea groups is 1. The zero-order valence-corrected chi connectivity index (χ0v) is 13.5. The fourth-order valence-corrected chi connectivity index (χ4v) is 2.48. The summed E-state index contributed by atoms with van der Waals surface area (Å²) in [5.41, 5.74) is 1.16. The second-order valence-electron chi connectivity index (χ2n) is 4.74. The molecule has 21 heavy (non-hydrogen) atoms. The van der Waals surface area contributed by atoms with Gasteiger partial charge in [0, 0.05) is 25.0 Å². The Kier molecular flexibility index (Phi) is 7.68. The number of carbonyl (C=O) groups is 2. The number of benzene rings is 1. The predicted octanol–water partition coefficient (Wildman–Crippen LogP) is 2.55. The molecule has 0 fully saturated rings. The van der Waals surface area contributed by atoms with Crippen molar-refractivity contribution in [3.05, 3.63) is 29.8 Å². The first-order chi connectivity index (χ1) is 10.0. The largest absolute Gasteiger partial charge is 0.491 e. The summed E-state index contributed by atoms with van der Waals surface area (Å²) in [5, 5.41) is 4.58. The minimum absolute atomic E-state index is 0.154. The van der Waals surface area contributed by atoms with E-state index in [2.05, 4.69) is 10.6 Å². The van der Waals surface area contributed by atoms with E-state index >= 15 is 0 Å². The topological polar surface area (TPSA) is 67.4 Å². The molecule has 0 saturated carbocycles. The number of hydrogen-bond donors (Lipinski definition) is 2. The molecule has 2 N–H and O–H groups in total. The minimum atomic E-state index is -0.469. The number of rotatable bonds is 7. The van der Waals surface area contributed by atoms with Crippen molar-refractivity contribution in [1.82, 2.24) is 10.6 Å². The summed E-state index contributed by atoms with van der Waals surface area (Å²) >= 11 is 1.65. The maximum Gasteiger partial charge on any atom is 0.321 e. The van der Waals surface area contributed by atoms with Gasteiger partial charge in [-0.3, -0.25) is 10.1 Å². The van der Waals surface area contributed by atoms with Crippen LogP contribution in [0.2, 0.25) is 0 Å². The smallest absolute Gasteiger partial charge is 0.321 e. The fourth-order valence-electron chi connectivity index (χ4n) is 1.59. The number of thioether (sulfide) groups is 1. The minimum Gasteiger partial charge on any atom is -0.491 e. The number of carbonyl (C=O) groups excluding carboxylic acids is 2. The monoisotopic (exact) mass is 310 g/mol. The fraction of sp³-hybridized carbons (Fsp3) is 0.467. The van der Waals surface area contributed by atoms with E-state index in [0.29, 0.717) is 12.2 Å². The first kappa shape index (κ1) is 17.4. The van der Waals surface area contributed by atoms with Crippen LogP contribution in [0.1, 0.15) is 25.8 Å². The quantitative estimate of drug-likeness (QED) is 0.760. The zero-order chi connectivity index (χ0) is 15.7. The van der Waals surface area contributed by atoms with Crippen LogP contribution in [-0.2, 0) is 10.5 Å². The average Bonchev–Trinajstić information content (AvgIpc) is 2.43. The van der Waals surface area contributed by atoms with Crippen LogP contribution in [-0.4, -0.2) is 30.8 Å². The Hall–Kier alpha value is -1.69. The summed E-state index contributed by atoms with van der Waals surface area (Å²) in [5.74, 6) is 2.07. The molecule has 0 aliphatic rings. The van der Waals surface area contributed by atoms with Crippen molar-refractivity contribution >= 4 is 23.7 Å². The lowest BCUT2D eigenvalue weighted by Crippen LogP contribution is -2.37. The number of nitrogens with one attached hydrogen (secondary N) is 2. The van der Waals surface area contributed by atoms with Gasteiger partial charge in [-0.25, -0.2) is 4.79 Å². The molecule has 0 unspecified atom stereocenters. The third-order valence-electron chi connectivity index (χ3n) is 2.49. The molecule has 5 nitrogen and oxygen atoms in total. The lowest BCUT2D eigenvalue weighted by atomic mass is 10.2. The van der Waals surface area contributed by atoms with Crippen molar-refractivity contribution in [2.75, 3.05) is 12.8 Å². The highest BCUT2D eigenvalue weighted by Crippen LogP contribution is 2.19. The van der Waals surface area contributed by atoms with Crippen molar-refractivity contribution in [3.8, 4) is 5.75 Å². The summed E-state index contributed by atoms with van der Waals surface area (Å²) in [6, 6.07) is 7.47. The Balaban J connectivity index is 2.29. The van der Waals surface area contributed by atoms with Crippen LogP contribution < -0.4 is 15.4 Å². The van der Waals surface area contributed by atoms with Gasteiger partial charge in [-0.1, -0.05) is 12.1 Å². The Morgan fingerprint density at radius 2 is 2.10 bits per heavy atom. The molecule has 116 valence electrons. The van der Waals surface area contributed by atoms with Crippen molar-refractivity contribution in [2.45, 2.75) is 32.1 Å². The van der Waals surface area contributed by atoms with Gasteiger partial charge in [0.25, 0.3) is 0 Å². The maximum atomic E-state index is 11.4. The van der Waals surface area contributed by atoms with E-state index < -0.39 is 6.03 Å². The van der Waals surface area contributed by atoms with E-state index in [1.165, 1.54) is 7.05 Å². The normalized spacial score (nSPS) is 10.3. The van der Waals surface area contributed by atoms with Crippen molar-refractivity contribution < 1.29 is 14.3 Å². The molecule has 0 bridgehead atoms. The van der Waals surface area contributed by atoms with E-state index in [1.54, 1.807) is 11.8 Å². The van der Waals surface area contributed by atoms with Gasteiger partial charge in [0.05, 0.1) is 6.10 Å². The molecular weight excluding hydrogens is 288 g/mol. The highest BCUT2D eigenvalue weighted by atomic mass is 32.2. The molecule has 0 radical (unpaired) electrons. The molecule has 3 amide bonds. The van der Waals surface area contributed by atoms with Gasteiger partial charge in [0.15, 0.2) is 0 Å². The average molecular weight is 310 g/mol. The summed E-state index contributed by atoms with van der Waals surface area (Å²) in [6.45, 7) is 3.99. The van der Waals surface area contributed by atoms with Gasteiger partial charge in [0.1, 0.15) is 5.75 Å². The Bertz CT molecular complexity index is 478. The number of ether oxygens (including phenoxy) is 1. The molecule has 0 aromatic heterocycles. The number of imide groups is 1. The standard InChI is InChI=1S/C15H22N2O3S/c1-11(2)20-13-6-4-5-12(9-13)10-21-8-7-14(18)17-15(19)16-3/h4-6,9,11H,7-8,10H2,1-3H3,(H2,16,17,18,19). The zero-order valence-electron chi connectivity index (χ0n) is 12.6. The van der Waals surface area contributed by atoms with Gasteiger partial charge >= 0.3 is 6.03 Å². The second kappa shape index (κ2) is 9.28. The molecule has 1 aromatic rings. The van der Waals surface area contributed by atoms with Crippen molar-refractivity contribution in [2.24, 2.45) is 0 Å². The molecule has 1 rings (SSSR count). The number of hydrogen-bond acceptors (Lipinski definition) is 4. The molecule has 0 spiro atoms. The summed E-state index contributed by atoms with van der Waals surface area (Å²) in [4.78, 5) is 22.3. The molecular formula is C15H22N2O3S. The molecule has 0 saturated heterocycles. The molecule has 1 aromatic carbocycles. The summed E-state index contributed by atoms with van der Waals surface area (Å²) < 4.78 is 5.64. The second-order valence-corrected chi connectivity index (χ2v) is 5.85. The van der Waals surface area contributed by atoms with Crippen LogP contribution in [0.25, 0.3) is 0 Å². The van der Waals surface area contributed by atoms with Crippen LogP contribution in [0.3, 0.4) is 0 Å². The lowest BCUT2D eigenvalue weighted by Gasteiger charge is -2.10. The first-order valence-electron chi connectivity index (χ1n) is 6.86. The van der Waals surface area contributed by atoms with Gasteiger partial charge in [-0.05, 0) is 31.5 Å². The van der Waals surface area contributed by atoms with Crippen LogP contribution in [0.15, 0.2) is 24.3 Å². The van der Waals surface area contributed by atoms with Crippen LogP contribution in [0, 0.1) is 0 Å². The Morgan fingerprint density at radius 1 is 1.33 bits per heavy atom. The van der Waals surface area contributed by atoms with Gasteiger partial charge in [0.2, 0.25) is 5.91 Å². The Morgan fingerprint density at radius 3 is 2.76 bits per heavy atom. The highest BCUT2D eigenvalue weighted by molar-refractivity contribution is 7.98. The lowest BCUT2D eigenvalue weighted by molar-refractivity contribution is -0.119. The Labute approximate surface area is 129 Å². The van der Waals surface area contributed by atoms with E-state index in [-0.39, 0.29) is 12.0 Å². The predicted molar refractivity (Wildman–Crippen MR) is 85.6 cm³/mol. The molecule has 0 atom stereocenters. The van der Waals surface area contributed by atoms with E-state index in [0.717, 1.165) is 17.1 Å². The third kappa shape index (κ3) is 7.60. The van der Waals surface area contributed by atoms with Gasteiger partial charge < -0.3 is 10.1 Å². The van der Waals surface area contributed by atoms with Crippen molar-refractivity contribution in [3.63, 3.8) is 0 Å². The van der Waals surface area contributed by atoms with E-state index in [9.17, 15) is 9.59 Å². The van der Waals surface area contributed by atoms with Gasteiger partial charge in [-0.15, -0.1) is 0 Å². The molecule has 0 heterocycles. The van der Waals surface area contributed by atoms with Gasteiger partial charge in [-0.2, -0.15) is 11.8 Å². The molecule has 6 heteroatoms. The van der Waals surface area contributed by atoms with Crippen LogP contribution in [0.5, 0.6) is 5.75 Å². The SMILES string of the molecule is CNC(=O)NC(=O)CCSCc1cccc(OC(C)C)c1. The highest BCUT2D eigenvalue weighted by Gasteiger charge is 2.05. The third-order valence-corrected chi connectivity index (χ3v) is 3.52. The number of amides is 3. The van der Waals surface area contributed by atoms with Crippen molar-refractivity contribution in [1.29, 1.82) is 0 Å². The van der Waals surface area contributed by atoms with E-state index in [4.69, 9.17) is 4.74 Å². The first-order valence-corrected chi connectivity index (χ1v) is 8.01. The molecule has 0 aliphatic heterocycles. The maximum absolute atomic E-state index is 11.4. The molecule has 0 aliphatic carbocycles. The summed E-state index contributed by atoms with van der Waals surface area (Å²) in [6.07, 6.45) is 0.474. The van der Waals surface area contributed by atoms with Crippen LogP contribution >= 0.6 is 11.8 Å². The van der Waals surface area contributed by atoms with E-state index in [1.807, 2.05) is 38.1 Å². The van der Waals surface area contributed by atoms with Crippen LogP contribution in [0.4, 0.5) is 4.79 Å².